The predicted octanol–water partition coefficient (Wildman–Crippen LogP) is 4.37. The van der Waals surface area contributed by atoms with E-state index in [9.17, 15) is 9.59 Å². The minimum Gasteiger partial charge on any atom is -0.443 e. The molecule has 3 rings (SSSR count). The lowest BCUT2D eigenvalue weighted by Crippen LogP contribution is -2.32. The zero-order chi connectivity index (χ0) is 21.8. The van der Waals surface area contributed by atoms with Gasteiger partial charge in [-0.25, -0.2) is 9.97 Å². The van der Waals surface area contributed by atoms with E-state index in [1.54, 1.807) is 37.3 Å². The van der Waals surface area contributed by atoms with Gasteiger partial charge in [0.05, 0.1) is 0 Å². The van der Waals surface area contributed by atoms with Crippen molar-refractivity contribution in [3.8, 4) is 0 Å². The third-order valence-corrected chi connectivity index (χ3v) is 4.62. The summed E-state index contributed by atoms with van der Waals surface area (Å²) < 4.78 is 5.77. The Labute approximate surface area is 175 Å². The van der Waals surface area contributed by atoms with E-state index in [1.165, 1.54) is 0 Å². The molecule has 0 aliphatic heterocycles. The molecule has 0 saturated carbocycles. The molecule has 7 nitrogen and oxygen atoms in total. The van der Waals surface area contributed by atoms with Crippen molar-refractivity contribution < 1.29 is 14.0 Å². The maximum absolute atomic E-state index is 12.7. The van der Waals surface area contributed by atoms with Gasteiger partial charge in [-0.15, -0.1) is 0 Å². The van der Waals surface area contributed by atoms with Crippen molar-refractivity contribution >= 4 is 17.6 Å². The van der Waals surface area contributed by atoms with Gasteiger partial charge >= 0.3 is 0 Å². The molecule has 0 saturated heterocycles. The Morgan fingerprint density at radius 1 is 0.967 bits per heavy atom. The number of carbonyl (C=O) groups is 2. The van der Waals surface area contributed by atoms with Gasteiger partial charge in [-0.1, -0.05) is 32.0 Å². The van der Waals surface area contributed by atoms with Crippen molar-refractivity contribution in [1.29, 1.82) is 0 Å². The van der Waals surface area contributed by atoms with E-state index in [0.29, 0.717) is 23.0 Å². The van der Waals surface area contributed by atoms with E-state index in [4.69, 9.17) is 4.42 Å². The molecule has 0 unspecified atom stereocenters. The first-order valence-electron chi connectivity index (χ1n) is 9.84. The minimum absolute atomic E-state index is 0.00714. The van der Waals surface area contributed by atoms with E-state index in [-0.39, 0.29) is 17.5 Å². The molecular weight excluding hydrogens is 380 g/mol. The molecule has 3 aromatic rings. The summed E-state index contributed by atoms with van der Waals surface area (Å²) in [5.74, 6) is 0.510. The summed E-state index contributed by atoms with van der Waals surface area (Å²) in [4.78, 5) is 34.1. The van der Waals surface area contributed by atoms with Gasteiger partial charge in [0.1, 0.15) is 17.6 Å². The van der Waals surface area contributed by atoms with Crippen LogP contribution in [0.2, 0.25) is 0 Å². The van der Waals surface area contributed by atoms with Gasteiger partial charge < -0.3 is 15.1 Å². The van der Waals surface area contributed by atoms with Crippen LogP contribution in [-0.2, 0) is 0 Å². The van der Waals surface area contributed by atoms with Gasteiger partial charge in [0.2, 0.25) is 5.89 Å². The second-order valence-electron chi connectivity index (χ2n) is 7.64. The quantitative estimate of drug-likeness (QED) is 0.633. The number of anilines is 1. The Kier molecular flexibility index (Phi) is 6.30. The number of nitrogens with one attached hydrogen (secondary N) is 2. The molecule has 7 heteroatoms. The van der Waals surface area contributed by atoms with Gasteiger partial charge in [0.25, 0.3) is 11.8 Å². The number of carbonyl (C=O) groups excluding carboxylic acids is 2. The molecule has 0 radical (unpaired) electrons. The molecular formula is C23H26N4O3. The molecule has 2 aromatic heterocycles. The zero-order valence-electron chi connectivity index (χ0n) is 17.8. The molecule has 0 aliphatic rings. The highest BCUT2D eigenvalue weighted by Crippen LogP contribution is 2.24. The van der Waals surface area contributed by atoms with Crippen LogP contribution in [0.4, 0.5) is 5.82 Å². The number of rotatable bonds is 6. The number of nitrogens with zero attached hydrogens (tertiary/aromatic N) is 2. The minimum atomic E-state index is -0.475. The predicted molar refractivity (Wildman–Crippen MR) is 114 cm³/mol. The first-order valence-corrected chi connectivity index (χ1v) is 9.84. The monoisotopic (exact) mass is 406 g/mol. The Balaban J connectivity index is 1.81. The first-order chi connectivity index (χ1) is 14.2. The molecule has 0 fully saturated rings. The lowest BCUT2D eigenvalue weighted by Gasteiger charge is -2.19. The van der Waals surface area contributed by atoms with Crippen molar-refractivity contribution in [3.63, 3.8) is 0 Å². The highest BCUT2D eigenvalue weighted by atomic mass is 16.4. The van der Waals surface area contributed by atoms with Gasteiger partial charge in [-0.3, -0.25) is 9.59 Å². The van der Waals surface area contributed by atoms with Gasteiger partial charge in [0, 0.05) is 11.3 Å². The molecule has 2 amide bonds. The number of aromatic nitrogens is 2. The van der Waals surface area contributed by atoms with E-state index in [2.05, 4.69) is 20.6 Å². The number of hydrogen-bond acceptors (Lipinski definition) is 5. The first kappa shape index (κ1) is 21.2. The largest absolute Gasteiger partial charge is 0.443 e. The number of aryl methyl sites for hydroxylation is 3. The Morgan fingerprint density at radius 3 is 2.30 bits per heavy atom. The van der Waals surface area contributed by atoms with Crippen molar-refractivity contribution in [3.05, 3.63) is 76.6 Å². The maximum Gasteiger partial charge on any atom is 0.279 e. The summed E-state index contributed by atoms with van der Waals surface area (Å²) in [6.07, 6.45) is 0. The van der Waals surface area contributed by atoms with Crippen LogP contribution in [0.5, 0.6) is 0 Å². The Morgan fingerprint density at radius 2 is 1.67 bits per heavy atom. The number of benzene rings is 1. The Bertz CT molecular complexity index is 1040. The fourth-order valence-electron chi connectivity index (χ4n) is 3.17. The molecule has 0 spiro atoms. The average Bonchev–Trinajstić information content (AvgIpc) is 3.07. The number of oxazole rings is 1. The van der Waals surface area contributed by atoms with Gasteiger partial charge in [-0.2, -0.15) is 0 Å². The SMILES string of the molecule is Cc1cc(C)nc(NC(=O)c2nc([C@H](NC(=O)c3ccccc3)C(C)C)oc2C)c1. The van der Waals surface area contributed by atoms with Gasteiger partial charge in [-0.05, 0) is 56.5 Å². The number of pyridine rings is 1. The van der Waals surface area contributed by atoms with Crippen molar-refractivity contribution in [2.45, 2.75) is 40.7 Å². The fraction of sp³-hybridized carbons (Fsp3) is 0.304. The molecule has 2 heterocycles. The smallest absolute Gasteiger partial charge is 0.279 e. The van der Waals surface area contributed by atoms with Crippen LogP contribution in [0.3, 0.4) is 0 Å². The van der Waals surface area contributed by atoms with Crippen molar-refractivity contribution in [2.75, 3.05) is 5.32 Å². The number of hydrogen-bond donors (Lipinski definition) is 2. The molecule has 1 atom stereocenters. The van der Waals surface area contributed by atoms with Crippen LogP contribution in [0.1, 0.15) is 63.6 Å². The lowest BCUT2D eigenvalue weighted by molar-refractivity contribution is 0.0916. The third-order valence-electron chi connectivity index (χ3n) is 4.62. The molecule has 1 aromatic carbocycles. The number of amides is 2. The van der Waals surface area contributed by atoms with Crippen LogP contribution in [-0.4, -0.2) is 21.8 Å². The van der Waals surface area contributed by atoms with Crippen LogP contribution < -0.4 is 10.6 Å². The van der Waals surface area contributed by atoms with E-state index in [1.807, 2.05) is 39.8 Å². The summed E-state index contributed by atoms with van der Waals surface area (Å²) in [6, 6.07) is 12.2. The van der Waals surface area contributed by atoms with Crippen LogP contribution in [0, 0.1) is 26.7 Å². The second kappa shape index (κ2) is 8.90. The highest BCUT2D eigenvalue weighted by Gasteiger charge is 2.27. The standard InChI is InChI=1S/C23H26N4O3/c1-13(2)19(26-21(28)17-9-7-6-8-10-17)23-27-20(16(5)30-23)22(29)25-18-12-14(3)11-15(4)24-18/h6-13,19H,1-5H3,(H,26,28)(H,24,25,29)/t19-/m1/s1. The van der Waals surface area contributed by atoms with E-state index >= 15 is 0 Å². The molecule has 0 bridgehead atoms. The Hall–Kier alpha value is -3.48. The maximum atomic E-state index is 12.7. The summed E-state index contributed by atoms with van der Waals surface area (Å²) in [5, 5.41) is 5.72. The van der Waals surface area contributed by atoms with Crippen LogP contribution in [0.25, 0.3) is 0 Å². The molecule has 0 aliphatic carbocycles. The summed E-state index contributed by atoms with van der Waals surface area (Å²) in [5.41, 5.74) is 2.53. The molecule has 30 heavy (non-hydrogen) atoms. The summed E-state index contributed by atoms with van der Waals surface area (Å²) in [6.45, 7) is 9.39. The van der Waals surface area contributed by atoms with E-state index in [0.717, 1.165) is 11.3 Å². The molecule has 156 valence electrons. The van der Waals surface area contributed by atoms with Crippen LogP contribution in [0.15, 0.2) is 46.9 Å². The summed E-state index contributed by atoms with van der Waals surface area (Å²) in [7, 11) is 0. The zero-order valence-corrected chi connectivity index (χ0v) is 17.8. The van der Waals surface area contributed by atoms with E-state index < -0.39 is 11.9 Å². The third kappa shape index (κ3) is 4.92. The average molecular weight is 406 g/mol. The van der Waals surface area contributed by atoms with Gasteiger partial charge in [0.15, 0.2) is 5.69 Å². The topological polar surface area (TPSA) is 97.1 Å². The highest BCUT2D eigenvalue weighted by molar-refractivity contribution is 6.03. The lowest BCUT2D eigenvalue weighted by atomic mass is 10.0. The molecule has 2 N–H and O–H groups in total. The fourth-order valence-corrected chi connectivity index (χ4v) is 3.17. The second-order valence-corrected chi connectivity index (χ2v) is 7.64. The van der Waals surface area contributed by atoms with Crippen molar-refractivity contribution in [2.24, 2.45) is 5.92 Å². The van der Waals surface area contributed by atoms with Crippen molar-refractivity contribution in [1.82, 2.24) is 15.3 Å². The van der Waals surface area contributed by atoms with Crippen LogP contribution >= 0.6 is 0 Å². The summed E-state index contributed by atoms with van der Waals surface area (Å²) >= 11 is 0. The normalized spacial score (nSPS) is 11.9.